The lowest BCUT2D eigenvalue weighted by molar-refractivity contribution is 0.627. The zero-order valence-electron chi connectivity index (χ0n) is 10.6. The maximum absolute atomic E-state index is 4.50. The highest BCUT2D eigenvalue weighted by Gasteiger charge is 2.12. The molecule has 0 fully saturated rings. The second-order valence-electron chi connectivity index (χ2n) is 4.19. The van der Waals surface area contributed by atoms with Crippen LogP contribution in [0, 0.1) is 12.8 Å². The van der Waals surface area contributed by atoms with E-state index in [9.17, 15) is 0 Å². The SMILES string of the molecule is CCC(C)CSCc1c(Br)c(C)nn1CC. The Labute approximate surface area is 111 Å². The standard InChI is InChI=1S/C12H21BrN2S/c1-5-9(3)7-16-8-11-12(13)10(4)14-15(11)6-2/h9H,5-8H2,1-4H3. The highest BCUT2D eigenvalue weighted by molar-refractivity contribution is 9.10. The van der Waals surface area contributed by atoms with Gasteiger partial charge >= 0.3 is 0 Å². The average Bonchev–Trinajstić information content (AvgIpc) is 2.56. The molecule has 4 heteroatoms. The molecule has 0 saturated heterocycles. The predicted molar refractivity (Wildman–Crippen MR) is 76.0 cm³/mol. The first-order chi connectivity index (χ1) is 7.60. The molecule has 1 atom stereocenters. The Morgan fingerprint density at radius 1 is 1.44 bits per heavy atom. The lowest BCUT2D eigenvalue weighted by atomic mass is 10.2. The Morgan fingerprint density at radius 3 is 2.69 bits per heavy atom. The molecule has 1 aromatic rings. The van der Waals surface area contributed by atoms with Crippen LogP contribution in [0.1, 0.15) is 38.6 Å². The van der Waals surface area contributed by atoms with Gasteiger partial charge in [-0.15, -0.1) is 0 Å². The summed E-state index contributed by atoms with van der Waals surface area (Å²) >= 11 is 5.63. The summed E-state index contributed by atoms with van der Waals surface area (Å²) in [6, 6.07) is 0. The third-order valence-corrected chi connectivity index (χ3v) is 5.10. The molecule has 1 rings (SSSR count). The van der Waals surface area contributed by atoms with Crippen molar-refractivity contribution < 1.29 is 0 Å². The van der Waals surface area contributed by atoms with E-state index < -0.39 is 0 Å². The number of nitrogens with zero attached hydrogens (tertiary/aromatic N) is 2. The van der Waals surface area contributed by atoms with Gasteiger partial charge in [-0.3, -0.25) is 4.68 Å². The summed E-state index contributed by atoms with van der Waals surface area (Å²) in [5.41, 5.74) is 2.43. The van der Waals surface area contributed by atoms with Crippen LogP contribution >= 0.6 is 27.7 Å². The van der Waals surface area contributed by atoms with Crippen LogP contribution in [-0.2, 0) is 12.3 Å². The Bertz CT molecular complexity index is 336. The summed E-state index contributed by atoms with van der Waals surface area (Å²) < 4.78 is 3.29. The summed E-state index contributed by atoms with van der Waals surface area (Å²) in [5, 5.41) is 4.50. The fraction of sp³-hybridized carbons (Fsp3) is 0.750. The third kappa shape index (κ3) is 3.52. The quantitative estimate of drug-likeness (QED) is 0.782. The molecule has 92 valence electrons. The Balaban J connectivity index is 2.59. The van der Waals surface area contributed by atoms with Gasteiger partial charge in [-0.2, -0.15) is 16.9 Å². The van der Waals surface area contributed by atoms with Crippen molar-refractivity contribution in [3.05, 3.63) is 15.9 Å². The number of aryl methyl sites for hydroxylation is 2. The van der Waals surface area contributed by atoms with Crippen LogP contribution < -0.4 is 0 Å². The first-order valence-electron chi connectivity index (χ1n) is 5.89. The summed E-state index contributed by atoms with van der Waals surface area (Å²) in [4.78, 5) is 0. The minimum Gasteiger partial charge on any atom is -0.268 e. The first kappa shape index (κ1) is 14.1. The molecule has 0 saturated carbocycles. The number of aromatic nitrogens is 2. The van der Waals surface area contributed by atoms with E-state index in [0.29, 0.717) is 0 Å². The van der Waals surface area contributed by atoms with Gasteiger partial charge in [0, 0.05) is 12.3 Å². The Hall–Kier alpha value is 0.0400. The zero-order chi connectivity index (χ0) is 12.1. The normalized spacial score (nSPS) is 13.1. The zero-order valence-corrected chi connectivity index (χ0v) is 13.0. The summed E-state index contributed by atoms with van der Waals surface area (Å²) in [6.07, 6.45) is 1.26. The van der Waals surface area contributed by atoms with Crippen LogP contribution in [0.5, 0.6) is 0 Å². The van der Waals surface area contributed by atoms with Crippen LogP contribution in [0.25, 0.3) is 0 Å². The van der Waals surface area contributed by atoms with Gasteiger partial charge in [0.1, 0.15) is 0 Å². The molecule has 0 spiro atoms. The van der Waals surface area contributed by atoms with Crippen LogP contribution in [-0.4, -0.2) is 15.5 Å². The van der Waals surface area contributed by atoms with Crippen molar-refractivity contribution in [3.63, 3.8) is 0 Å². The summed E-state index contributed by atoms with van der Waals surface area (Å²) in [5.74, 6) is 3.10. The molecule has 0 aliphatic carbocycles. The molecule has 1 unspecified atom stereocenters. The van der Waals surface area contributed by atoms with Gasteiger partial charge in [0.25, 0.3) is 0 Å². The van der Waals surface area contributed by atoms with Crippen LogP contribution in [0.4, 0.5) is 0 Å². The number of hydrogen-bond acceptors (Lipinski definition) is 2. The van der Waals surface area contributed by atoms with E-state index in [1.54, 1.807) is 0 Å². The van der Waals surface area contributed by atoms with Crippen molar-refractivity contribution in [3.8, 4) is 0 Å². The van der Waals surface area contributed by atoms with Gasteiger partial charge < -0.3 is 0 Å². The number of halogens is 1. The third-order valence-electron chi connectivity index (χ3n) is 2.79. The van der Waals surface area contributed by atoms with E-state index in [1.807, 2.05) is 11.8 Å². The minimum atomic E-state index is 0.808. The van der Waals surface area contributed by atoms with Crippen molar-refractivity contribution in [2.75, 3.05) is 5.75 Å². The van der Waals surface area contributed by atoms with Crippen molar-refractivity contribution in [2.45, 2.75) is 46.4 Å². The van der Waals surface area contributed by atoms with Gasteiger partial charge in [-0.05, 0) is 41.4 Å². The fourth-order valence-corrected chi connectivity index (χ4v) is 3.33. The molecular formula is C12H21BrN2S. The monoisotopic (exact) mass is 304 g/mol. The fourth-order valence-electron chi connectivity index (χ4n) is 1.48. The van der Waals surface area contributed by atoms with Crippen molar-refractivity contribution >= 4 is 27.7 Å². The van der Waals surface area contributed by atoms with Crippen LogP contribution in [0.15, 0.2) is 4.47 Å². The van der Waals surface area contributed by atoms with Gasteiger partial charge in [0.2, 0.25) is 0 Å². The van der Waals surface area contributed by atoms with Crippen molar-refractivity contribution in [2.24, 2.45) is 5.92 Å². The van der Waals surface area contributed by atoms with Crippen LogP contribution in [0.2, 0.25) is 0 Å². The smallest absolute Gasteiger partial charge is 0.0739 e. The van der Waals surface area contributed by atoms with Gasteiger partial charge in [-0.1, -0.05) is 20.3 Å². The van der Waals surface area contributed by atoms with E-state index in [1.165, 1.54) is 22.3 Å². The maximum atomic E-state index is 4.50. The molecule has 2 nitrogen and oxygen atoms in total. The molecule has 0 aromatic carbocycles. The number of hydrogen-bond donors (Lipinski definition) is 0. The Kier molecular flexibility index (Phi) is 5.90. The van der Waals surface area contributed by atoms with Gasteiger partial charge in [-0.25, -0.2) is 0 Å². The van der Waals surface area contributed by atoms with Crippen molar-refractivity contribution in [1.29, 1.82) is 0 Å². The molecule has 16 heavy (non-hydrogen) atoms. The average molecular weight is 305 g/mol. The predicted octanol–water partition coefficient (Wildman–Crippen LogP) is 4.25. The highest BCUT2D eigenvalue weighted by Crippen LogP contribution is 2.26. The van der Waals surface area contributed by atoms with E-state index in [4.69, 9.17) is 0 Å². The minimum absolute atomic E-state index is 0.808. The molecule has 0 aliphatic heterocycles. The molecule has 1 heterocycles. The molecule has 0 radical (unpaired) electrons. The van der Waals surface area contributed by atoms with E-state index in [2.05, 4.69) is 53.4 Å². The second kappa shape index (κ2) is 6.70. The molecule has 0 bridgehead atoms. The summed E-state index contributed by atoms with van der Waals surface area (Å²) in [7, 11) is 0. The topological polar surface area (TPSA) is 17.8 Å². The van der Waals surface area contributed by atoms with Gasteiger partial charge in [0.15, 0.2) is 0 Å². The molecular weight excluding hydrogens is 284 g/mol. The highest BCUT2D eigenvalue weighted by atomic mass is 79.9. The lowest BCUT2D eigenvalue weighted by Gasteiger charge is -2.09. The maximum Gasteiger partial charge on any atom is 0.0739 e. The summed E-state index contributed by atoms with van der Waals surface area (Å²) in [6.45, 7) is 9.71. The van der Waals surface area contributed by atoms with Crippen LogP contribution in [0.3, 0.4) is 0 Å². The van der Waals surface area contributed by atoms with Gasteiger partial charge in [0.05, 0.1) is 15.9 Å². The lowest BCUT2D eigenvalue weighted by Crippen LogP contribution is -2.03. The van der Waals surface area contributed by atoms with Crippen molar-refractivity contribution in [1.82, 2.24) is 9.78 Å². The number of thioether (sulfide) groups is 1. The van der Waals surface area contributed by atoms with E-state index >= 15 is 0 Å². The van der Waals surface area contributed by atoms with E-state index in [-0.39, 0.29) is 0 Å². The first-order valence-corrected chi connectivity index (χ1v) is 7.84. The molecule has 0 N–H and O–H groups in total. The number of rotatable bonds is 6. The second-order valence-corrected chi connectivity index (χ2v) is 6.01. The molecule has 0 aliphatic rings. The van der Waals surface area contributed by atoms with E-state index in [0.717, 1.165) is 23.9 Å². The Morgan fingerprint density at radius 2 is 2.12 bits per heavy atom. The molecule has 0 amide bonds. The molecule has 1 aromatic heterocycles. The largest absolute Gasteiger partial charge is 0.268 e.